The van der Waals surface area contributed by atoms with Gasteiger partial charge in [-0.1, -0.05) is 17.7 Å². The standard InChI is InChI=1S/C20H27ClN2O/c1-20(2)19(24)22(23(20)17-5-3-4-16(21)11-17)18-14-7-12-6-13(9-14)10-15(18)8-12/h3-4,11-15,17-18H,5-10H2,1-2H3. The van der Waals surface area contributed by atoms with E-state index in [4.69, 9.17) is 11.6 Å². The SMILES string of the molecule is CC1(C)C(=O)N(C2C3CC4CC(C3)CC2C4)N1C1C=C(Cl)C=CC1. The Bertz CT molecular complexity index is 610. The molecule has 5 aliphatic carbocycles. The Labute approximate surface area is 149 Å². The zero-order valence-electron chi connectivity index (χ0n) is 14.6. The first-order valence-corrected chi connectivity index (χ1v) is 9.99. The lowest BCUT2D eigenvalue weighted by molar-refractivity contribution is -0.255. The molecule has 4 saturated carbocycles. The van der Waals surface area contributed by atoms with Crippen molar-refractivity contribution in [2.24, 2.45) is 23.7 Å². The molecule has 3 nitrogen and oxygen atoms in total. The first-order chi connectivity index (χ1) is 11.4. The van der Waals surface area contributed by atoms with Crippen molar-refractivity contribution in [2.45, 2.75) is 70.0 Å². The van der Waals surface area contributed by atoms with Gasteiger partial charge in [-0.3, -0.25) is 9.80 Å². The second kappa shape index (κ2) is 5.11. The van der Waals surface area contributed by atoms with E-state index in [2.05, 4.69) is 36.0 Å². The first-order valence-electron chi connectivity index (χ1n) is 9.62. The Morgan fingerprint density at radius 2 is 1.71 bits per heavy atom. The summed E-state index contributed by atoms with van der Waals surface area (Å²) in [5.41, 5.74) is -0.405. The van der Waals surface area contributed by atoms with Crippen LogP contribution in [0, 0.1) is 23.7 Å². The molecular weight excluding hydrogens is 320 g/mol. The molecule has 1 amide bonds. The van der Waals surface area contributed by atoms with Crippen LogP contribution in [0.15, 0.2) is 23.3 Å². The molecule has 1 heterocycles. The Balaban J connectivity index is 1.46. The van der Waals surface area contributed by atoms with Gasteiger partial charge >= 0.3 is 0 Å². The van der Waals surface area contributed by atoms with Crippen LogP contribution in [0.25, 0.3) is 0 Å². The van der Waals surface area contributed by atoms with Crippen molar-refractivity contribution in [2.75, 3.05) is 0 Å². The van der Waals surface area contributed by atoms with Crippen LogP contribution in [0.1, 0.15) is 52.4 Å². The smallest absolute Gasteiger partial charge is 0.258 e. The molecule has 0 N–H and O–H groups in total. The molecule has 0 aromatic rings. The number of hydrogen-bond acceptors (Lipinski definition) is 2. The number of hydrazine groups is 1. The minimum Gasteiger partial charge on any atom is -0.271 e. The van der Waals surface area contributed by atoms with Crippen LogP contribution in [0.5, 0.6) is 0 Å². The number of halogens is 1. The van der Waals surface area contributed by atoms with E-state index in [0.717, 1.165) is 35.1 Å². The van der Waals surface area contributed by atoms with E-state index in [-0.39, 0.29) is 6.04 Å². The van der Waals surface area contributed by atoms with Gasteiger partial charge in [-0.15, -0.1) is 0 Å². The van der Waals surface area contributed by atoms with Gasteiger partial charge in [0.25, 0.3) is 5.91 Å². The average molecular weight is 347 g/mol. The van der Waals surface area contributed by atoms with Gasteiger partial charge in [0.1, 0.15) is 5.54 Å². The number of allylic oxidation sites excluding steroid dienone is 2. The Hall–Kier alpha value is -0.800. The normalized spacial score (nSPS) is 46.2. The molecule has 6 rings (SSSR count). The molecule has 5 fully saturated rings. The Kier molecular flexibility index (Phi) is 3.29. The Morgan fingerprint density at radius 1 is 1.08 bits per heavy atom. The van der Waals surface area contributed by atoms with E-state index in [1.807, 2.05) is 6.08 Å². The maximum Gasteiger partial charge on any atom is 0.258 e. The van der Waals surface area contributed by atoms with Crippen LogP contribution in [0.4, 0.5) is 0 Å². The zero-order valence-corrected chi connectivity index (χ0v) is 15.4. The van der Waals surface area contributed by atoms with Crippen molar-refractivity contribution in [3.63, 3.8) is 0 Å². The van der Waals surface area contributed by atoms with Crippen molar-refractivity contribution in [3.05, 3.63) is 23.3 Å². The van der Waals surface area contributed by atoms with Crippen LogP contribution in [0.3, 0.4) is 0 Å². The zero-order chi connectivity index (χ0) is 16.6. The molecule has 24 heavy (non-hydrogen) atoms. The third kappa shape index (κ3) is 2.03. The van der Waals surface area contributed by atoms with Gasteiger partial charge in [0.2, 0.25) is 0 Å². The largest absolute Gasteiger partial charge is 0.271 e. The lowest BCUT2D eigenvalue weighted by Crippen LogP contribution is -2.81. The van der Waals surface area contributed by atoms with Crippen molar-refractivity contribution in [1.29, 1.82) is 0 Å². The highest BCUT2D eigenvalue weighted by atomic mass is 35.5. The molecule has 1 saturated heterocycles. The van der Waals surface area contributed by atoms with Crippen LogP contribution < -0.4 is 0 Å². The molecular formula is C20H27ClN2O. The van der Waals surface area contributed by atoms with E-state index in [0.29, 0.717) is 11.9 Å². The topological polar surface area (TPSA) is 23.6 Å². The van der Waals surface area contributed by atoms with Crippen molar-refractivity contribution in [3.8, 4) is 0 Å². The molecule has 0 radical (unpaired) electrons. The molecule has 0 aromatic carbocycles. The van der Waals surface area contributed by atoms with Crippen molar-refractivity contribution in [1.82, 2.24) is 10.0 Å². The summed E-state index contributed by atoms with van der Waals surface area (Å²) in [5.74, 6) is 3.64. The van der Waals surface area contributed by atoms with Gasteiger partial charge in [-0.2, -0.15) is 5.01 Å². The van der Waals surface area contributed by atoms with Crippen LogP contribution >= 0.6 is 11.6 Å². The Morgan fingerprint density at radius 3 is 2.29 bits per heavy atom. The summed E-state index contributed by atoms with van der Waals surface area (Å²) in [6.45, 7) is 4.14. The monoisotopic (exact) mass is 346 g/mol. The summed E-state index contributed by atoms with van der Waals surface area (Å²) in [6, 6.07) is 0.656. The predicted octanol–water partition coefficient (Wildman–Crippen LogP) is 4.10. The summed E-state index contributed by atoms with van der Waals surface area (Å²) in [5, 5.41) is 5.33. The third-order valence-electron chi connectivity index (χ3n) is 7.32. The van der Waals surface area contributed by atoms with E-state index >= 15 is 0 Å². The predicted molar refractivity (Wildman–Crippen MR) is 95.1 cm³/mol. The molecule has 1 aliphatic heterocycles. The number of hydrogen-bond donors (Lipinski definition) is 0. The van der Waals surface area contributed by atoms with E-state index in [9.17, 15) is 4.79 Å². The second-order valence-electron chi connectivity index (χ2n) is 9.23. The third-order valence-corrected chi connectivity index (χ3v) is 7.57. The summed E-state index contributed by atoms with van der Waals surface area (Å²) >= 11 is 6.26. The molecule has 4 heteroatoms. The van der Waals surface area contributed by atoms with Crippen LogP contribution in [-0.2, 0) is 4.79 Å². The number of nitrogens with zero attached hydrogens (tertiary/aromatic N) is 2. The molecule has 130 valence electrons. The molecule has 1 unspecified atom stereocenters. The van der Waals surface area contributed by atoms with Crippen molar-refractivity contribution >= 4 is 17.5 Å². The van der Waals surface area contributed by atoms with E-state index in [1.54, 1.807) is 0 Å². The molecule has 1 atom stereocenters. The minimum absolute atomic E-state index is 0.215. The van der Waals surface area contributed by atoms with Crippen LogP contribution in [-0.4, -0.2) is 33.5 Å². The summed E-state index contributed by atoms with van der Waals surface area (Å²) in [7, 11) is 0. The lowest BCUT2D eigenvalue weighted by atomic mass is 9.53. The summed E-state index contributed by atoms with van der Waals surface area (Å²) in [6.07, 6.45) is 14.0. The molecule has 6 aliphatic rings. The summed E-state index contributed by atoms with van der Waals surface area (Å²) in [4.78, 5) is 13.1. The van der Waals surface area contributed by atoms with Gasteiger partial charge in [-0.05, 0) is 88.2 Å². The van der Waals surface area contributed by atoms with Gasteiger partial charge in [-0.25, -0.2) is 0 Å². The van der Waals surface area contributed by atoms with Gasteiger partial charge in [0, 0.05) is 5.03 Å². The van der Waals surface area contributed by atoms with Crippen LogP contribution in [0.2, 0.25) is 0 Å². The highest BCUT2D eigenvalue weighted by molar-refractivity contribution is 6.31. The summed E-state index contributed by atoms with van der Waals surface area (Å²) < 4.78 is 0. The van der Waals surface area contributed by atoms with Crippen molar-refractivity contribution < 1.29 is 4.79 Å². The second-order valence-corrected chi connectivity index (χ2v) is 9.67. The molecule has 0 aromatic heterocycles. The number of rotatable bonds is 2. The molecule has 4 bridgehead atoms. The van der Waals surface area contributed by atoms with E-state index in [1.165, 1.54) is 32.1 Å². The number of amides is 1. The van der Waals surface area contributed by atoms with Gasteiger partial charge in [0.05, 0.1) is 12.1 Å². The fourth-order valence-corrected chi connectivity index (χ4v) is 6.88. The van der Waals surface area contributed by atoms with E-state index < -0.39 is 5.54 Å². The molecule has 0 spiro atoms. The quantitative estimate of drug-likeness (QED) is 0.751. The minimum atomic E-state index is -0.405. The highest BCUT2D eigenvalue weighted by Gasteiger charge is 2.62. The van der Waals surface area contributed by atoms with Gasteiger partial charge in [0.15, 0.2) is 0 Å². The fourth-order valence-electron chi connectivity index (χ4n) is 6.65. The fraction of sp³-hybridized carbons (Fsp3) is 0.750. The highest BCUT2D eigenvalue weighted by Crippen LogP contribution is 2.57. The maximum absolute atomic E-state index is 13.1. The van der Waals surface area contributed by atoms with Gasteiger partial charge < -0.3 is 0 Å². The average Bonchev–Trinajstić information content (AvgIpc) is 2.52. The first kappa shape index (κ1) is 15.5. The lowest BCUT2D eigenvalue weighted by Gasteiger charge is -2.66. The maximum atomic E-state index is 13.1. The number of carbonyl (C=O) groups excluding carboxylic acids is 1. The number of carbonyl (C=O) groups is 1.